The Labute approximate surface area is 220 Å². The molecule has 0 bridgehead atoms. The van der Waals surface area contributed by atoms with Crippen molar-refractivity contribution in [3.63, 3.8) is 0 Å². The van der Waals surface area contributed by atoms with Crippen molar-refractivity contribution >= 4 is 23.8 Å². The summed E-state index contributed by atoms with van der Waals surface area (Å²) in [6.07, 6.45) is -0.239. The lowest BCUT2D eigenvalue weighted by Gasteiger charge is -2.30. The van der Waals surface area contributed by atoms with Crippen LogP contribution in [0, 0.1) is 11.8 Å². The Morgan fingerprint density at radius 3 is 2.55 bits per heavy atom. The Morgan fingerprint density at radius 1 is 1.18 bits per heavy atom. The van der Waals surface area contributed by atoms with Crippen molar-refractivity contribution < 1.29 is 43.2 Å². The molecule has 2 N–H and O–H groups in total. The Bertz CT molecular complexity index is 1150. The van der Waals surface area contributed by atoms with Gasteiger partial charge in [-0.25, -0.2) is 9.78 Å². The molecule has 11 heteroatoms. The van der Waals surface area contributed by atoms with Gasteiger partial charge in [0.15, 0.2) is 29.3 Å². The number of amides is 1. The molecule has 1 saturated heterocycles. The predicted octanol–water partition coefficient (Wildman–Crippen LogP) is 2.20. The number of hydrogen-bond donors (Lipinski definition) is 2. The van der Waals surface area contributed by atoms with Crippen LogP contribution in [0.1, 0.15) is 43.2 Å². The minimum Gasteiger partial charge on any atom is -0.503 e. The number of nitrogens with zero attached hydrogens (tertiary/aromatic N) is 1. The van der Waals surface area contributed by atoms with Crippen LogP contribution in [0.3, 0.4) is 0 Å². The summed E-state index contributed by atoms with van der Waals surface area (Å²) in [5, 5.41) is 12.6. The Kier molecular flexibility index (Phi) is 9.64. The monoisotopic (exact) mass is 528 g/mol. The highest BCUT2D eigenvalue weighted by Gasteiger charge is 2.42. The zero-order valence-corrected chi connectivity index (χ0v) is 21.7. The van der Waals surface area contributed by atoms with E-state index in [2.05, 4.69) is 10.3 Å². The number of methoxy groups -OCH3 is 1. The summed E-state index contributed by atoms with van der Waals surface area (Å²) in [6.45, 7) is 4.50. The molecule has 1 fully saturated rings. The maximum absolute atomic E-state index is 13.3. The summed E-state index contributed by atoms with van der Waals surface area (Å²) in [7, 11) is 1.31. The number of hydrogen-bond acceptors (Lipinski definition) is 10. The van der Waals surface area contributed by atoms with E-state index in [0.717, 1.165) is 5.56 Å². The van der Waals surface area contributed by atoms with E-state index in [1.165, 1.54) is 26.3 Å². The first kappa shape index (κ1) is 28.4. The number of nitrogens with one attached hydrogen (secondary N) is 1. The second kappa shape index (κ2) is 12.9. The number of aromatic nitrogens is 1. The minimum atomic E-state index is -1.41. The predicted molar refractivity (Wildman–Crippen MR) is 133 cm³/mol. The average Bonchev–Trinajstić information content (AvgIpc) is 2.95. The normalized spacial score (nSPS) is 22.5. The van der Waals surface area contributed by atoms with E-state index in [4.69, 9.17) is 18.9 Å². The molecular formula is C27H32N2O9. The summed E-state index contributed by atoms with van der Waals surface area (Å²) in [5.41, 5.74) is 0.403. The molecule has 38 heavy (non-hydrogen) atoms. The fourth-order valence-corrected chi connectivity index (χ4v) is 3.89. The topological polar surface area (TPSA) is 150 Å². The molecule has 1 aliphatic rings. The van der Waals surface area contributed by atoms with Crippen LogP contribution in [0.2, 0.25) is 0 Å². The van der Waals surface area contributed by atoms with Gasteiger partial charge in [0, 0.05) is 12.3 Å². The van der Waals surface area contributed by atoms with Crippen LogP contribution >= 0.6 is 0 Å². The number of benzene rings is 1. The summed E-state index contributed by atoms with van der Waals surface area (Å²) < 4.78 is 21.7. The van der Waals surface area contributed by atoms with Gasteiger partial charge in [0.2, 0.25) is 0 Å². The molecule has 1 aliphatic heterocycles. The molecule has 1 aromatic heterocycles. The van der Waals surface area contributed by atoms with Gasteiger partial charge < -0.3 is 29.4 Å². The van der Waals surface area contributed by atoms with Crippen LogP contribution in [0.25, 0.3) is 0 Å². The lowest BCUT2D eigenvalue weighted by Crippen LogP contribution is -2.47. The first-order valence-electron chi connectivity index (χ1n) is 12.3. The van der Waals surface area contributed by atoms with Crippen LogP contribution in [-0.2, 0) is 35.0 Å². The van der Waals surface area contributed by atoms with Crippen molar-refractivity contribution in [2.24, 2.45) is 11.8 Å². The lowest BCUT2D eigenvalue weighted by atomic mass is 9.91. The van der Waals surface area contributed by atoms with Gasteiger partial charge in [0.05, 0.1) is 13.0 Å². The molecule has 11 nitrogen and oxygen atoms in total. The van der Waals surface area contributed by atoms with Crippen molar-refractivity contribution in [1.82, 2.24) is 10.3 Å². The molecule has 2 heterocycles. The van der Waals surface area contributed by atoms with Crippen LogP contribution in [0.4, 0.5) is 0 Å². The highest BCUT2D eigenvalue weighted by Crippen LogP contribution is 2.28. The van der Waals surface area contributed by atoms with Crippen molar-refractivity contribution in [2.75, 3.05) is 13.7 Å². The summed E-state index contributed by atoms with van der Waals surface area (Å²) in [6, 6.07) is 9.04. The zero-order chi connectivity index (χ0) is 27.8. The van der Waals surface area contributed by atoms with Gasteiger partial charge in [0.25, 0.3) is 5.91 Å². The fourth-order valence-electron chi connectivity index (χ4n) is 3.89. The van der Waals surface area contributed by atoms with Crippen LogP contribution in [0.15, 0.2) is 42.6 Å². The highest BCUT2D eigenvalue weighted by atomic mass is 16.6. The van der Waals surface area contributed by atoms with Gasteiger partial charge >= 0.3 is 17.9 Å². The van der Waals surface area contributed by atoms with Crippen LogP contribution in [0.5, 0.6) is 11.5 Å². The van der Waals surface area contributed by atoms with Gasteiger partial charge in [0.1, 0.15) is 18.6 Å². The number of pyridine rings is 1. The van der Waals surface area contributed by atoms with E-state index < -0.39 is 72.0 Å². The first-order chi connectivity index (χ1) is 18.2. The number of aromatic hydroxyl groups is 1. The first-order valence-corrected chi connectivity index (χ1v) is 12.3. The van der Waals surface area contributed by atoms with Gasteiger partial charge in [-0.3, -0.25) is 14.4 Å². The summed E-state index contributed by atoms with van der Waals surface area (Å²) in [4.78, 5) is 55.7. The molecule has 0 radical (unpaired) electrons. The van der Waals surface area contributed by atoms with E-state index >= 15 is 0 Å². The second-order valence-electron chi connectivity index (χ2n) is 9.02. The number of ether oxygens (including phenoxy) is 4. The smallest absolute Gasteiger partial charge is 0.332 e. The Hall–Kier alpha value is -4.15. The maximum Gasteiger partial charge on any atom is 0.332 e. The number of esters is 3. The molecule has 0 aliphatic carbocycles. The third-order valence-electron chi connectivity index (χ3n) is 6.33. The van der Waals surface area contributed by atoms with Gasteiger partial charge in [-0.1, -0.05) is 44.2 Å². The standard InChI is InChI=1S/C27H32N2O9/c1-5-15(2)25(32)38-23-16(3)37-27(34)19(29-24(31)21-22(30)20(35-4)11-12-28-21)14-36-26(33)18(23)13-17-9-7-6-8-10-17/h6-12,15-16,18-19,23,30H,5,13-14H2,1-4H3,(H,29,31)/t15-,16-,18+,19-,23-/m1/s1. The van der Waals surface area contributed by atoms with E-state index in [0.29, 0.717) is 6.42 Å². The highest BCUT2D eigenvalue weighted by molar-refractivity contribution is 5.98. The third-order valence-corrected chi connectivity index (χ3v) is 6.33. The fraction of sp³-hybridized carbons (Fsp3) is 0.444. The molecule has 0 spiro atoms. The zero-order valence-electron chi connectivity index (χ0n) is 21.7. The quantitative estimate of drug-likeness (QED) is 0.385. The van der Waals surface area contributed by atoms with E-state index in [1.807, 2.05) is 37.3 Å². The van der Waals surface area contributed by atoms with Crippen molar-refractivity contribution in [3.05, 3.63) is 53.9 Å². The molecule has 0 saturated carbocycles. The van der Waals surface area contributed by atoms with Crippen molar-refractivity contribution in [1.29, 1.82) is 0 Å². The third kappa shape index (κ3) is 6.78. The summed E-state index contributed by atoms with van der Waals surface area (Å²) in [5.74, 6) is -5.00. The molecular weight excluding hydrogens is 496 g/mol. The largest absolute Gasteiger partial charge is 0.503 e. The molecule has 1 amide bonds. The maximum atomic E-state index is 13.3. The molecule has 0 unspecified atom stereocenters. The van der Waals surface area contributed by atoms with E-state index in [-0.39, 0.29) is 12.2 Å². The lowest BCUT2D eigenvalue weighted by molar-refractivity contribution is -0.176. The molecule has 5 atom stereocenters. The molecule has 3 rings (SSSR count). The minimum absolute atomic E-state index is 0.0111. The molecule has 2 aromatic rings. The molecule has 204 valence electrons. The SMILES string of the molecule is CC[C@@H](C)C(=O)O[C@H]1[C@H](Cc2ccccc2)C(=O)OC[C@@H](NC(=O)c2nccc(OC)c2O)C(=O)O[C@@H]1C. The number of carbonyl (C=O) groups is 4. The number of cyclic esters (lactones) is 2. The average molecular weight is 529 g/mol. The number of rotatable bonds is 8. The van der Waals surface area contributed by atoms with Gasteiger partial charge in [-0.05, 0) is 25.3 Å². The molecule has 1 aromatic carbocycles. The Balaban J connectivity index is 1.88. The second-order valence-corrected chi connectivity index (χ2v) is 9.02. The number of carbonyl (C=O) groups excluding carboxylic acids is 4. The van der Waals surface area contributed by atoms with E-state index in [9.17, 15) is 24.3 Å². The van der Waals surface area contributed by atoms with Crippen LogP contribution < -0.4 is 10.1 Å². The van der Waals surface area contributed by atoms with Crippen molar-refractivity contribution in [2.45, 2.75) is 51.9 Å². The van der Waals surface area contributed by atoms with Crippen molar-refractivity contribution in [3.8, 4) is 11.5 Å². The van der Waals surface area contributed by atoms with Gasteiger partial charge in [-0.2, -0.15) is 0 Å². The van der Waals surface area contributed by atoms with Gasteiger partial charge in [-0.15, -0.1) is 0 Å². The Morgan fingerprint density at radius 2 is 1.89 bits per heavy atom. The van der Waals surface area contributed by atoms with Crippen LogP contribution in [-0.4, -0.2) is 65.9 Å². The van der Waals surface area contributed by atoms with E-state index in [1.54, 1.807) is 6.92 Å². The summed E-state index contributed by atoms with van der Waals surface area (Å²) >= 11 is 0.